The van der Waals surface area contributed by atoms with Gasteiger partial charge in [0.05, 0.1) is 5.02 Å². The molecule has 112 valence electrons. The second-order valence-corrected chi connectivity index (χ2v) is 5.75. The zero-order valence-corrected chi connectivity index (χ0v) is 14.0. The zero-order chi connectivity index (χ0) is 16.8. The third kappa shape index (κ3) is 3.98. The van der Waals surface area contributed by atoms with Gasteiger partial charge in [0.15, 0.2) is 5.78 Å². The third-order valence-electron chi connectivity index (χ3n) is 2.96. The molecule has 1 N–H and O–H groups in total. The standard InChI is InChI=1S/C17H9BrClN3O/c18-12-5-6-16(22-10-11(8-20)9-21)14(7-12)17(23)13-3-1-2-4-15(13)19/h1-7,10,22H. The first-order valence-electron chi connectivity index (χ1n) is 6.42. The number of benzene rings is 2. The van der Waals surface area contributed by atoms with Crippen LogP contribution in [-0.4, -0.2) is 5.78 Å². The molecule has 0 aliphatic carbocycles. The summed E-state index contributed by atoms with van der Waals surface area (Å²) in [6.45, 7) is 0. The van der Waals surface area contributed by atoms with Crippen LogP contribution in [0.3, 0.4) is 0 Å². The Hall–Kier alpha value is -2.60. The Bertz CT molecular complexity index is 862. The molecule has 6 heteroatoms. The highest BCUT2D eigenvalue weighted by atomic mass is 79.9. The van der Waals surface area contributed by atoms with E-state index < -0.39 is 0 Å². The van der Waals surface area contributed by atoms with Crippen LogP contribution in [0.15, 0.2) is 58.7 Å². The molecule has 2 aromatic carbocycles. The molecule has 0 aromatic heterocycles. The van der Waals surface area contributed by atoms with Crippen molar-refractivity contribution in [3.63, 3.8) is 0 Å². The van der Waals surface area contributed by atoms with Gasteiger partial charge in [-0.1, -0.05) is 39.7 Å². The number of allylic oxidation sites excluding steroid dienone is 1. The normalized spacial score (nSPS) is 9.39. The molecule has 2 aromatic rings. The monoisotopic (exact) mass is 385 g/mol. The van der Waals surface area contributed by atoms with Crippen LogP contribution < -0.4 is 5.32 Å². The summed E-state index contributed by atoms with van der Waals surface area (Å²) in [5, 5.41) is 20.7. The molecule has 0 spiro atoms. The van der Waals surface area contributed by atoms with E-state index in [2.05, 4.69) is 21.2 Å². The molecule has 0 heterocycles. The molecule has 4 nitrogen and oxygen atoms in total. The molecule has 0 fully saturated rings. The summed E-state index contributed by atoms with van der Waals surface area (Å²) in [6, 6.07) is 15.3. The predicted molar refractivity (Wildman–Crippen MR) is 92.0 cm³/mol. The van der Waals surface area contributed by atoms with Crippen LogP contribution in [0.4, 0.5) is 5.69 Å². The summed E-state index contributed by atoms with van der Waals surface area (Å²) in [7, 11) is 0. The average molecular weight is 387 g/mol. The fourth-order valence-electron chi connectivity index (χ4n) is 1.86. The minimum absolute atomic E-state index is 0.0935. The first kappa shape index (κ1) is 16.8. The number of rotatable bonds is 4. The molecule has 0 aliphatic rings. The second-order valence-electron chi connectivity index (χ2n) is 4.42. The van der Waals surface area contributed by atoms with Crippen molar-refractivity contribution in [1.29, 1.82) is 10.5 Å². The minimum Gasteiger partial charge on any atom is -0.359 e. The van der Waals surface area contributed by atoms with Gasteiger partial charge >= 0.3 is 0 Å². The van der Waals surface area contributed by atoms with Crippen molar-refractivity contribution in [3.8, 4) is 12.1 Å². The zero-order valence-electron chi connectivity index (χ0n) is 11.7. The van der Waals surface area contributed by atoms with Gasteiger partial charge in [0, 0.05) is 27.5 Å². The van der Waals surface area contributed by atoms with E-state index in [1.54, 1.807) is 54.6 Å². The second kappa shape index (κ2) is 7.60. The summed E-state index contributed by atoms with van der Waals surface area (Å²) in [5.74, 6) is -0.261. The SMILES string of the molecule is N#CC(C#N)=CNc1ccc(Br)cc1C(=O)c1ccccc1Cl. The van der Waals surface area contributed by atoms with Gasteiger partial charge in [-0.25, -0.2) is 0 Å². The molecular weight excluding hydrogens is 378 g/mol. The first-order valence-corrected chi connectivity index (χ1v) is 7.59. The lowest BCUT2D eigenvalue weighted by atomic mass is 10.0. The van der Waals surface area contributed by atoms with Crippen LogP contribution in [0, 0.1) is 22.7 Å². The number of hydrogen-bond acceptors (Lipinski definition) is 4. The highest BCUT2D eigenvalue weighted by Crippen LogP contribution is 2.26. The van der Waals surface area contributed by atoms with Crippen molar-refractivity contribution in [2.24, 2.45) is 0 Å². The van der Waals surface area contributed by atoms with Crippen LogP contribution in [-0.2, 0) is 0 Å². The number of nitrogens with one attached hydrogen (secondary N) is 1. The lowest BCUT2D eigenvalue weighted by Gasteiger charge is -2.10. The highest BCUT2D eigenvalue weighted by Gasteiger charge is 2.16. The van der Waals surface area contributed by atoms with Crippen molar-refractivity contribution in [3.05, 3.63) is 74.9 Å². The smallest absolute Gasteiger partial charge is 0.196 e. The third-order valence-corrected chi connectivity index (χ3v) is 3.78. The van der Waals surface area contributed by atoms with Crippen LogP contribution in [0.2, 0.25) is 5.02 Å². The van der Waals surface area contributed by atoms with Gasteiger partial charge in [0.1, 0.15) is 17.7 Å². The Labute approximate surface area is 146 Å². The highest BCUT2D eigenvalue weighted by molar-refractivity contribution is 9.10. The largest absolute Gasteiger partial charge is 0.359 e. The van der Waals surface area contributed by atoms with Crippen LogP contribution in [0.25, 0.3) is 0 Å². The van der Waals surface area contributed by atoms with E-state index in [1.165, 1.54) is 6.20 Å². The minimum atomic E-state index is -0.261. The van der Waals surface area contributed by atoms with E-state index in [0.717, 1.165) is 4.47 Å². The molecule has 0 saturated carbocycles. The Morgan fingerprint density at radius 1 is 1.13 bits per heavy atom. The molecular formula is C17H9BrClN3O. The molecule has 0 saturated heterocycles. The molecule has 23 heavy (non-hydrogen) atoms. The van der Waals surface area contributed by atoms with Crippen LogP contribution >= 0.6 is 27.5 Å². The van der Waals surface area contributed by atoms with Gasteiger partial charge in [0.2, 0.25) is 0 Å². The van der Waals surface area contributed by atoms with E-state index in [1.807, 2.05) is 0 Å². The molecule has 0 unspecified atom stereocenters. The molecule has 0 amide bonds. The number of carbonyl (C=O) groups excluding carboxylic acids is 1. The average Bonchev–Trinajstić information content (AvgIpc) is 2.56. The van der Waals surface area contributed by atoms with E-state index in [4.69, 9.17) is 22.1 Å². The Morgan fingerprint density at radius 3 is 2.48 bits per heavy atom. The number of nitrogens with zero attached hydrogens (tertiary/aromatic N) is 2. The Morgan fingerprint density at radius 2 is 1.83 bits per heavy atom. The Kier molecular flexibility index (Phi) is 5.54. The van der Waals surface area contributed by atoms with Crippen LogP contribution in [0.1, 0.15) is 15.9 Å². The summed E-state index contributed by atoms with van der Waals surface area (Å²) in [4.78, 5) is 12.7. The van der Waals surface area contributed by atoms with E-state index in [9.17, 15) is 4.79 Å². The van der Waals surface area contributed by atoms with E-state index >= 15 is 0 Å². The van der Waals surface area contributed by atoms with E-state index in [0.29, 0.717) is 21.8 Å². The van der Waals surface area contributed by atoms with Gasteiger partial charge in [-0.15, -0.1) is 0 Å². The molecule has 0 bridgehead atoms. The number of nitriles is 2. The molecule has 2 rings (SSSR count). The van der Waals surface area contributed by atoms with E-state index in [-0.39, 0.29) is 11.4 Å². The van der Waals surface area contributed by atoms with Gasteiger partial charge in [-0.3, -0.25) is 4.79 Å². The summed E-state index contributed by atoms with van der Waals surface area (Å²) in [6.07, 6.45) is 1.26. The number of ketones is 1. The number of hydrogen-bond donors (Lipinski definition) is 1. The summed E-state index contributed by atoms with van der Waals surface area (Å²) in [5.41, 5.74) is 1.13. The number of anilines is 1. The maximum atomic E-state index is 12.7. The number of halogens is 2. The lowest BCUT2D eigenvalue weighted by Crippen LogP contribution is -2.06. The summed E-state index contributed by atoms with van der Waals surface area (Å²) >= 11 is 9.41. The lowest BCUT2D eigenvalue weighted by molar-refractivity contribution is 0.103. The van der Waals surface area contributed by atoms with Gasteiger partial charge in [0.25, 0.3) is 0 Å². The van der Waals surface area contributed by atoms with Gasteiger partial charge in [-0.05, 0) is 30.3 Å². The number of carbonyl (C=O) groups is 1. The van der Waals surface area contributed by atoms with Crippen molar-refractivity contribution in [2.45, 2.75) is 0 Å². The van der Waals surface area contributed by atoms with Gasteiger partial charge in [-0.2, -0.15) is 10.5 Å². The van der Waals surface area contributed by atoms with Crippen molar-refractivity contribution in [1.82, 2.24) is 0 Å². The Balaban J connectivity index is 2.47. The van der Waals surface area contributed by atoms with Gasteiger partial charge < -0.3 is 5.32 Å². The summed E-state index contributed by atoms with van der Waals surface area (Å²) < 4.78 is 0.725. The topological polar surface area (TPSA) is 76.7 Å². The first-order chi connectivity index (χ1) is 11.1. The molecule has 0 atom stereocenters. The van der Waals surface area contributed by atoms with Crippen molar-refractivity contribution < 1.29 is 4.79 Å². The molecule has 0 aliphatic heterocycles. The van der Waals surface area contributed by atoms with Crippen molar-refractivity contribution >= 4 is 39.0 Å². The fraction of sp³-hybridized carbons (Fsp3) is 0. The maximum Gasteiger partial charge on any atom is 0.196 e. The van der Waals surface area contributed by atoms with Crippen LogP contribution in [0.5, 0.6) is 0 Å². The predicted octanol–water partition coefficient (Wildman–Crippen LogP) is 4.68. The fourth-order valence-corrected chi connectivity index (χ4v) is 2.44. The maximum absolute atomic E-state index is 12.7. The van der Waals surface area contributed by atoms with Crippen molar-refractivity contribution in [2.75, 3.05) is 5.32 Å². The molecule has 0 radical (unpaired) electrons. The quantitative estimate of drug-likeness (QED) is 0.611.